The summed E-state index contributed by atoms with van der Waals surface area (Å²) in [6.45, 7) is 1.02. The topological polar surface area (TPSA) is 81.7 Å². The van der Waals surface area contributed by atoms with Crippen LogP contribution in [0.4, 0.5) is 10.1 Å². The predicted molar refractivity (Wildman–Crippen MR) is 108 cm³/mol. The van der Waals surface area contributed by atoms with E-state index in [0.717, 1.165) is 0 Å². The van der Waals surface area contributed by atoms with Gasteiger partial charge in [0.1, 0.15) is 22.9 Å². The van der Waals surface area contributed by atoms with Gasteiger partial charge in [0.15, 0.2) is 12.4 Å². The molecule has 0 saturated heterocycles. The highest BCUT2D eigenvalue weighted by atomic mass is 19.1. The van der Waals surface area contributed by atoms with Gasteiger partial charge in [0.25, 0.3) is 5.91 Å². The summed E-state index contributed by atoms with van der Waals surface area (Å²) in [5.41, 5.74) is 0.652. The molecule has 3 rings (SSSR count). The molecule has 1 N–H and O–H groups in total. The Morgan fingerprint density at radius 2 is 1.57 bits per heavy atom. The minimum atomic E-state index is -0.685. The number of carbonyl (C=O) groups is 3. The second-order valence-corrected chi connectivity index (χ2v) is 6.28. The molecule has 152 valence electrons. The second-order valence-electron chi connectivity index (χ2n) is 6.28. The number of ketones is 1. The minimum Gasteiger partial charge on any atom is -0.483 e. The van der Waals surface area contributed by atoms with Crippen molar-refractivity contribution in [3.63, 3.8) is 0 Å². The molecule has 0 aliphatic carbocycles. The Balaban J connectivity index is 1.65. The van der Waals surface area contributed by atoms with Gasteiger partial charge in [-0.25, -0.2) is 9.18 Å². The Bertz CT molecular complexity index is 1080. The number of benzene rings is 3. The molecule has 0 heterocycles. The van der Waals surface area contributed by atoms with Crippen molar-refractivity contribution < 1.29 is 28.2 Å². The van der Waals surface area contributed by atoms with Gasteiger partial charge in [-0.15, -0.1) is 0 Å². The smallest absolute Gasteiger partial charge is 0.347 e. The molecule has 0 unspecified atom stereocenters. The fourth-order valence-corrected chi connectivity index (χ4v) is 2.57. The van der Waals surface area contributed by atoms with Crippen LogP contribution in [0.15, 0.2) is 72.8 Å². The number of hydrogen-bond acceptors (Lipinski definition) is 5. The van der Waals surface area contributed by atoms with Crippen molar-refractivity contribution in [2.45, 2.75) is 6.92 Å². The largest absolute Gasteiger partial charge is 0.483 e. The Labute approximate surface area is 172 Å². The number of esters is 1. The summed E-state index contributed by atoms with van der Waals surface area (Å²) >= 11 is 0. The molecule has 0 spiro atoms. The van der Waals surface area contributed by atoms with Crippen LogP contribution in [0.3, 0.4) is 0 Å². The van der Waals surface area contributed by atoms with E-state index in [1.165, 1.54) is 49.4 Å². The van der Waals surface area contributed by atoms with Gasteiger partial charge in [-0.2, -0.15) is 0 Å². The Kier molecular flexibility index (Phi) is 6.54. The molecule has 0 atom stereocenters. The van der Waals surface area contributed by atoms with Gasteiger partial charge < -0.3 is 14.8 Å². The first kappa shape index (κ1) is 20.7. The molecule has 0 aliphatic heterocycles. The number of ether oxygens (including phenoxy) is 2. The molecular weight excluding hydrogens is 389 g/mol. The average Bonchev–Trinajstić information content (AvgIpc) is 2.74. The van der Waals surface area contributed by atoms with Crippen LogP contribution in [0.25, 0.3) is 0 Å². The first-order valence-corrected chi connectivity index (χ1v) is 9.03. The summed E-state index contributed by atoms with van der Waals surface area (Å²) in [6.07, 6.45) is 0. The van der Waals surface area contributed by atoms with Crippen molar-refractivity contribution in [2.24, 2.45) is 0 Å². The number of carbonyl (C=O) groups excluding carboxylic acids is 3. The molecule has 7 heteroatoms. The molecular formula is C23H18FNO5. The molecule has 0 radical (unpaired) electrons. The van der Waals surface area contributed by atoms with E-state index in [1.54, 1.807) is 30.3 Å². The van der Waals surface area contributed by atoms with Gasteiger partial charge in [-0.05, 0) is 55.5 Å². The summed E-state index contributed by atoms with van der Waals surface area (Å²) in [5, 5.41) is 2.40. The molecule has 1 amide bonds. The van der Waals surface area contributed by atoms with Gasteiger partial charge in [0, 0.05) is 5.56 Å². The van der Waals surface area contributed by atoms with E-state index in [-0.39, 0.29) is 28.5 Å². The van der Waals surface area contributed by atoms with Crippen LogP contribution in [-0.4, -0.2) is 24.3 Å². The third-order valence-electron chi connectivity index (χ3n) is 4.09. The highest BCUT2D eigenvalue weighted by Crippen LogP contribution is 2.21. The van der Waals surface area contributed by atoms with Crippen molar-refractivity contribution >= 4 is 23.3 Å². The molecule has 0 aromatic heterocycles. The van der Waals surface area contributed by atoms with E-state index in [9.17, 15) is 18.8 Å². The molecule has 0 aliphatic rings. The lowest BCUT2D eigenvalue weighted by molar-refractivity contribution is -0.118. The van der Waals surface area contributed by atoms with Gasteiger partial charge in [0.05, 0.1) is 5.69 Å². The third-order valence-corrected chi connectivity index (χ3v) is 4.09. The van der Waals surface area contributed by atoms with Crippen LogP contribution in [0.5, 0.6) is 11.5 Å². The zero-order chi connectivity index (χ0) is 21.5. The fourth-order valence-electron chi connectivity index (χ4n) is 2.57. The highest BCUT2D eigenvalue weighted by Gasteiger charge is 2.16. The predicted octanol–water partition coefficient (Wildman–Crippen LogP) is 4.27. The van der Waals surface area contributed by atoms with Crippen LogP contribution >= 0.6 is 0 Å². The van der Waals surface area contributed by atoms with Crippen molar-refractivity contribution in [1.82, 2.24) is 0 Å². The molecule has 30 heavy (non-hydrogen) atoms. The molecule has 0 saturated carbocycles. The Morgan fingerprint density at radius 3 is 2.27 bits per heavy atom. The number of hydrogen-bond donors (Lipinski definition) is 1. The summed E-state index contributed by atoms with van der Waals surface area (Å²) in [6, 6.07) is 18.2. The number of halogens is 1. The highest BCUT2D eigenvalue weighted by molar-refractivity contribution is 5.96. The van der Waals surface area contributed by atoms with Gasteiger partial charge >= 0.3 is 5.97 Å². The zero-order valence-corrected chi connectivity index (χ0v) is 16.1. The van der Waals surface area contributed by atoms with Gasteiger partial charge in [-0.1, -0.05) is 24.3 Å². The number of Topliss-reactive ketones (excluding diaryl/α,β-unsaturated/α-hetero) is 1. The SMILES string of the molecule is CC(=O)c1ccc(OC(=O)c2ccccc2OCC(=O)Nc2ccccc2F)cc1. The first-order chi connectivity index (χ1) is 14.4. The maximum Gasteiger partial charge on any atom is 0.347 e. The van der Waals surface area contributed by atoms with Crippen molar-refractivity contribution in [3.05, 3.63) is 89.7 Å². The molecule has 0 bridgehead atoms. The molecule has 3 aromatic carbocycles. The van der Waals surface area contributed by atoms with Crippen LogP contribution in [0.2, 0.25) is 0 Å². The van der Waals surface area contributed by atoms with Crippen LogP contribution < -0.4 is 14.8 Å². The van der Waals surface area contributed by atoms with E-state index in [1.807, 2.05) is 0 Å². The van der Waals surface area contributed by atoms with Gasteiger partial charge in [0.2, 0.25) is 0 Å². The maximum atomic E-state index is 13.6. The summed E-state index contributed by atoms with van der Waals surface area (Å²) in [4.78, 5) is 35.9. The summed E-state index contributed by atoms with van der Waals surface area (Å²) < 4.78 is 24.4. The number of amides is 1. The monoisotopic (exact) mass is 407 g/mol. The Morgan fingerprint density at radius 1 is 0.900 bits per heavy atom. The number of rotatable bonds is 7. The Hall–Kier alpha value is -4.00. The third kappa shape index (κ3) is 5.29. The average molecular weight is 407 g/mol. The van der Waals surface area contributed by atoms with E-state index in [0.29, 0.717) is 5.56 Å². The zero-order valence-electron chi connectivity index (χ0n) is 16.1. The minimum absolute atomic E-state index is 0.0350. The lowest BCUT2D eigenvalue weighted by atomic mass is 10.1. The first-order valence-electron chi connectivity index (χ1n) is 9.03. The lowest BCUT2D eigenvalue weighted by Crippen LogP contribution is -2.21. The van der Waals surface area contributed by atoms with Crippen molar-refractivity contribution in [1.29, 1.82) is 0 Å². The number of anilines is 1. The summed E-state index contributed by atoms with van der Waals surface area (Å²) in [7, 11) is 0. The second kappa shape index (κ2) is 9.47. The van der Waals surface area contributed by atoms with E-state index < -0.39 is 24.3 Å². The van der Waals surface area contributed by atoms with Crippen molar-refractivity contribution in [3.8, 4) is 11.5 Å². The standard InChI is InChI=1S/C23H18FNO5/c1-15(26)16-10-12-17(13-11-16)30-23(28)18-6-2-5-9-21(18)29-14-22(27)25-20-8-4-3-7-19(20)24/h2-13H,14H2,1H3,(H,25,27). The maximum absolute atomic E-state index is 13.6. The molecule has 0 fully saturated rings. The van der Waals surface area contributed by atoms with Crippen LogP contribution in [0, 0.1) is 5.82 Å². The number of para-hydroxylation sites is 2. The van der Waals surface area contributed by atoms with E-state index >= 15 is 0 Å². The lowest BCUT2D eigenvalue weighted by Gasteiger charge is -2.11. The quantitative estimate of drug-likeness (QED) is 0.359. The fraction of sp³-hybridized carbons (Fsp3) is 0.0870. The van der Waals surface area contributed by atoms with E-state index in [4.69, 9.17) is 9.47 Å². The number of nitrogens with one attached hydrogen (secondary N) is 1. The normalized spacial score (nSPS) is 10.2. The van der Waals surface area contributed by atoms with Gasteiger partial charge in [-0.3, -0.25) is 9.59 Å². The van der Waals surface area contributed by atoms with E-state index in [2.05, 4.69) is 5.32 Å². The summed E-state index contributed by atoms with van der Waals surface area (Å²) in [5.74, 6) is -1.52. The van der Waals surface area contributed by atoms with Crippen molar-refractivity contribution in [2.75, 3.05) is 11.9 Å². The van der Waals surface area contributed by atoms with Crippen LogP contribution in [-0.2, 0) is 4.79 Å². The molecule has 3 aromatic rings. The molecule has 6 nitrogen and oxygen atoms in total. The van der Waals surface area contributed by atoms with Crippen LogP contribution in [0.1, 0.15) is 27.6 Å².